The number of urea groups is 1. The number of anilines is 1. The van der Waals surface area contributed by atoms with Crippen LogP contribution in [0.1, 0.15) is 6.42 Å². The van der Waals surface area contributed by atoms with E-state index in [1.54, 1.807) is 11.1 Å². The SMILES string of the molecule is O=C(Nc1snnc1-c1ccccc1)N1CCCO[C@@H](Cn2cccn2)C1. The Morgan fingerprint density at radius 1 is 1.30 bits per heavy atom. The lowest BCUT2D eigenvalue weighted by Gasteiger charge is -2.24. The fraction of sp³-hybridized carbons (Fsp3) is 0.333. The fourth-order valence-electron chi connectivity index (χ4n) is 3.04. The minimum atomic E-state index is -0.158. The van der Waals surface area contributed by atoms with Gasteiger partial charge in [0.15, 0.2) is 0 Å². The number of benzene rings is 1. The van der Waals surface area contributed by atoms with Gasteiger partial charge in [-0.15, -0.1) is 5.10 Å². The molecule has 9 heteroatoms. The van der Waals surface area contributed by atoms with Crippen LogP contribution in [-0.2, 0) is 11.3 Å². The molecule has 0 spiro atoms. The third-order valence-corrected chi connectivity index (χ3v) is 4.98. The Morgan fingerprint density at radius 2 is 2.19 bits per heavy atom. The Morgan fingerprint density at radius 3 is 3.00 bits per heavy atom. The molecule has 1 aliphatic heterocycles. The lowest BCUT2D eigenvalue weighted by molar-refractivity contribution is 0.0442. The van der Waals surface area contributed by atoms with Gasteiger partial charge in [-0.2, -0.15) is 5.10 Å². The second-order valence-electron chi connectivity index (χ2n) is 6.27. The van der Waals surface area contributed by atoms with Crippen molar-refractivity contribution in [1.29, 1.82) is 0 Å². The highest BCUT2D eigenvalue weighted by Crippen LogP contribution is 2.28. The molecule has 140 valence electrons. The zero-order valence-electron chi connectivity index (χ0n) is 14.7. The van der Waals surface area contributed by atoms with Crippen LogP contribution in [0.3, 0.4) is 0 Å². The maximum atomic E-state index is 12.8. The smallest absolute Gasteiger partial charge is 0.322 e. The summed E-state index contributed by atoms with van der Waals surface area (Å²) in [6, 6.07) is 11.4. The van der Waals surface area contributed by atoms with Crippen LogP contribution in [0.25, 0.3) is 11.3 Å². The summed E-state index contributed by atoms with van der Waals surface area (Å²) >= 11 is 1.18. The van der Waals surface area contributed by atoms with Gasteiger partial charge in [-0.1, -0.05) is 34.8 Å². The summed E-state index contributed by atoms with van der Waals surface area (Å²) in [4.78, 5) is 14.6. The molecule has 1 atom stereocenters. The van der Waals surface area contributed by atoms with Crippen LogP contribution in [-0.4, -0.2) is 56.1 Å². The third kappa shape index (κ3) is 4.32. The van der Waals surface area contributed by atoms with E-state index in [2.05, 4.69) is 20.0 Å². The van der Waals surface area contributed by atoms with Crippen LogP contribution < -0.4 is 5.32 Å². The Bertz CT molecular complexity index is 867. The summed E-state index contributed by atoms with van der Waals surface area (Å²) in [6.07, 6.45) is 4.35. The second kappa shape index (κ2) is 8.28. The zero-order chi connectivity index (χ0) is 18.5. The number of hydrogen-bond acceptors (Lipinski definition) is 6. The van der Waals surface area contributed by atoms with E-state index in [1.165, 1.54) is 11.5 Å². The summed E-state index contributed by atoms with van der Waals surface area (Å²) in [5.74, 6) is 0. The van der Waals surface area contributed by atoms with Crippen LogP contribution in [0.5, 0.6) is 0 Å². The van der Waals surface area contributed by atoms with Crippen molar-refractivity contribution < 1.29 is 9.53 Å². The number of carbonyl (C=O) groups is 1. The first kappa shape index (κ1) is 17.6. The molecular weight excluding hydrogens is 364 g/mol. The quantitative estimate of drug-likeness (QED) is 0.748. The van der Waals surface area contributed by atoms with E-state index >= 15 is 0 Å². The summed E-state index contributed by atoms with van der Waals surface area (Å²) in [6.45, 7) is 2.41. The van der Waals surface area contributed by atoms with Crippen molar-refractivity contribution in [3.63, 3.8) is 0 Å². The Kier molecular flexibility index (Phi) is 5.40. The number of ether oxygens (including phenoxy) is 1. The van der Waals surface area contributed by atoms with E-state index in [4.69, 9.17) is 4.74 Å². The van der Waals surface area contributed by atoms with E-state index < -0.39 is 0 Å². The van der Waals surface area contributed by atoms with Gasteiger partial charge in [0.1, 0.15) is 10.7 Å². The molecule has 1 aliphatic rings. The first-order valence-corrected chi connectivity index (χ1v) is 9.59. The second-order valence-corrected chi connectivity index (χ2v) is 7.02. The van der Waals surface area contributed by atoms with Crippen molar-refractivity contribution in [3.8, 4) is 11.3 Å². The number of carbonyl (C=O) groups excluding carboxylic acids is 1. The van der Waals surface area contributed by atoms with Gasteiger partial charge in [0.2, 0.25) is 0 Å². The van der Waals surface area contributed by atoms with Crippen molar-refractivity contribution >= 4 is 22.6 Å². The third-order valence-electron chi connectivity index (χ3n) is 4.34. The number of hydrogen-bond donors (Lipinski definition) is 1. The fourth-order valence-corrected chi connectivity index (χ4v) is 3.62. The van der Waals surface area contributed by atoms with Crippen molar-refractivity contribution in [2.24, 2.45) is 0 Å². The van der Waals surface area contributed by atoms with Gasteiger partial charge in [-0.25, -0.2) is 4.79 Å². The molecule has 2 amide bonds. The zero-order valence-corrected chi connectivity index (χ0v) is 15.5. The van der Waals surface area contributed by atoms with Crippen LogP contribution in [0.15, 0.2) is 48.8 Å². The van der Waals surface area contributed by atoms with Crippen molar-refractivity contribution in [3.05, 3.63) is 48.8 Å². The number of aromatic nitrogens is 4. The minimum absolute atomic E-state index is 0.0914. The Hall–Kier alpha value is -2.78. The van der Waals surface area contributed by atoms with E-state index in [9.17, 15) is 4.79 Å². The molecule has 0 unspecified atom stereocenters. The van der Waals surface area contributed by atoms with E-state index in [0.29, 0.717) is 36.9 Å². The molecule has 1 saturated heterocycles. The van der Waals surface area contributed by atoms with Crippen LogP contribution in [0.2, 0.25) is 0 Å². The normalized spacial score (nSPS) is 17.5. The van der Waals surface area contributed by atoms with Crippen LogP contribution >= 0.6 is 11.5 Å². The number of amides is 2. The maximum absolute atomic E-state index is 12.8. The van der Waals surface area contributed by atoms with Crippen molar-refractivity contribution in [2.45, 2.75) is 19.1 Å². The molecule has 0 radical (unpaired) electrons. The molecule has 2 aromatic heterocycles. The summed E-state index contributed by atoms with van der Waals surface area (Å²) in [5, 5.41) is 12.0. The molecule has 1 aromatic carbocycles. The minimum Gasteiger partial charge on any atom is -0.374 e. The topological polar surface area (TPSA) is 85.2 Å². The van der Waals surface area contributed by atoms with Crippen LogP contribution in [0.4, 0.5) is 9.80 Å². The van der Waals surface area contributed by atoms with Gasteiger partial charge in [-0.05, 0) is 12.5 Å². The number of rotatable bonds is 4. The van der Waals surface area contributed by atoms with Gasteiger partial charge >= 0.3 is 6.03 Å². The van der Waals surface area contributed by atoms with Crippen molar-refractivity contribution in [1.82, 2.24) is 24.3 Å². The van der Waals surface area contributed by atoms with Crippen molar-refractivity contribution in [2.75, 3.05) is 25.0 Å². The van der Waals surface area contributed by atoms with Gasteiger partial charge in [-0.3, -0.25) is 10.00 Å². The molecular formula is C18H20N6O2S. The van der Waals surface area contributed by atoms with E-state index in [1.807, 2.05) is 47.3 Å². The average molecular weight is 384 g/mol. The Labute approximate surface area is 160 Å². The predicted molar refractivity (Wildman–Crippen MR) is 103 cm³/mol. The van der Waals surface area contributed by atoms with Gasteiger partial charge < -0.3 is 9.64 Å². The van der Waals surface area contributed by atoms with Gasteiger partial charge in [0, 0.05) is 42.6 Å². The summed E-state index contributed by atoms with van der Waals surface area (Å²) in [5.41, 5.74) is 1.62. The molecule has 4 rings (SSSR count). The molecule has 1 N–H and O–H groups in total. The molecule has 0 saturated carbocycles. The van der Waals surface area contributed by atoms with Crippen LogP contribution in [0, 0.1) is 0 Å². The number of nitrogens with zero attached hydrogens (tertiary/aromatic N) is 5. The molecule has 3 heterocycles. The molecule has 0 aliphatic carbocycles. The molecule has 1 fully saturated rings. The number of nitrogens with one attached hydrogen (secondary N) is 1. The highest BCUT2D eigenvalue weighted by Gasteiger charge is 2.24. The lowest BCUT2D eigenvalue weighted by atomic mass is 10.2. The molecule has 0 bridgehead atoms. The molecule has 8 nitrogen and oxygen atoms in total. The first-order chi connectivity index (χ1) is 13.3. The Balaban J connectivity index is 1.44. The first-order valence-electron chi connectivity index (χ1n) is 8.82. The molecule has 27 heavy (non-hydrogen) atoms. The van der Waals surface area contributed by atoms with E-state index in [0.717, 1.165) is 12.0 Å². The lowest BCUT2D eigenvalue weighted by Crippen LogP contribution is -2.40. The highest BCUT2D eigenvalue weighted by molar-refractivity contribution is 7.10. The van der Waals surface area contributed by atoms with Gasteiger partial charge in [0.05, 0.1) is 19.2 Å². The predicted octanol–water partition coefficient (Wildman–Crippen LogP) is 2.72. The largest absolute Gasteiger partial charge is 0.374 e. The van der Waals surface area contributed by atoms with Gasteiger partial charge in [0.25, 0.3) is 0 Å². The standard InChI is InChI=1S/C18H20N6O2S/c25-18(20-17-16(21-22-27-17)14-6-2-1-3-7-14)23-9-5-11-26-15(12-23)13-24-10-4-8-19-24/h1-4,6-8,10,15H,5,9,11-13H2,(H,20,25)/t15-/m1/s1. The highest BCUT2D eigenvalue weighted by atomic mass is 32.1. The van der Waals surface area contributed by atoms with E-state index in [-0.39, 0.29) is 12.1 Å². The summed E-state index contributed by atoms with van der Waals surface area (Å²) < 4.78 is 11.7. The average Bonchev–Trinajstić information content (AvgIpc) is 3.31. The molecule has 3 aromatic rings. The summed E-state index contributed by atoms with van der Waals surface area (Å²) in [7, 11) is 0. The monoisotopic (exact) mass is 384 g/mol. The maximum Gasteiger partial charge on any atom is 0.322 e.